The van der Waals surface area contributed by atoms with E-state index in [4.69, 9.17) is 12.2 Å². The summed E-state index contributed by atoms with van der Waals surface area (Å²) >= 11 is 5.50. The molecule has 0 aromatic heterocycles. The Hall–Kier alpha value is -2.93. The van der Waals surface area contributed by atoms with Gasteiger partial charge in [-0.15, -0.1) is 0 Å². The Bertz CT molecular complexity index is 925. The van der Waals surface area contributed by atoms with Crippen LogP contribution in [0.5, 0.6) is 0 Å². The molecule has 2 aromatic carbocycles. The topological polar surface area (TPSA) is 89.9 Å². The van der Waals surface area contributed by atoms with Crippen molar-refractivity contribution in [3.8, 4) is 0 Å². The lowest BCUT2D eigenvalue weighted by atomic mass is 9.93. The number of carbonyl (C=O) groups is 2. The molecule has 3 N–H and O–H groups in total. The van der Waals surface area contributed by atoms with E-state index in [1.807, 2.05) is 4.90 Å². The zero-order valence-corrected chi connectivity index (χ0v) is 16.4. The molecule has 0 unspecified atom stereocenters. The second kappa shape index (κ2) is 8.39. The number of benzene rings is 2. The van der Waals surface area contributed by atoms with Gasteiger partial charge in [-0.3, -0.25) is 0 Å². The minimum absolute atomic E-state index is 0.168. The van der Waals surface area contributed by atoms with Crippen LogP contribution in [0.1, 0.15) is 43.0 Å². The number of thiocarbonyl (C=S) groups is 1. The second-order valence-electron chi connectivity index (χ2n) is 6.92. The maximum atomic E-state index is 11.4. The molecule has 28 heavy (non-hydrogen) atoms. The lowest BCUT2D eigenvalue weighted by molar-refractivity contribution is 0.0651. The van der Waals surface area contributed by atoms with Crippen molar-refractivity contribution in [3.05, 3.63) is 69.8 Å². The molecule has 0 saturated heterocycles. The highest BCUT2D eigenvalue weighted by molar-refractivity contribution is 7.80. The third-order valence-corrected chi connectivity index (χ3v) is 5.31. The molecule has 0 atom stereocenters. The van der Waals surface area contributed by atoms with E-state index < -0.39 is 11.9 Å². The van der Waals surface area contributed by atoms with E-state index in [1.165, 1.54) is 23.3 Å². The van der Waals surface area contributed by atoms with Gasteiger partial charge in [-0.05, 0) is 60.8 Å². The zero-order valence-electron chi connectivity index (χ0n) is 15.6. The first-order valence-corrected chi connectivity index (χ1v) is 9.46. The molecule has 1 heterocycles. The lowest BCUT2D eigenvalue weighted by Gasteiger charge is -2.31. The summed E-state index contributed by atoms with van der Waals surface area (Å²) in [5.74, 6) is -2.47. The van der Waals surface area contributed by atoms with Gasteiger partial charge in [-0.25, -0.2) is 9.59 Å². The van der Waals surface area contributed by atoms with E-state index in [-0.39, 0.29) is 11.1 Å². The van der Waals surface area contributed by atoms with Crippen LogP contribution >= 0.6 is 12.2 Å². The van der Waals surface area contributed by atoms with Gasteiger partial charge in [0.15, 0.2) is 5.11 Å². The number of carboxylic acid groups (broad SMARTS) is 2. The molecule has 3 rings (SSSR count). The van der Waals surface area contributed by atoms with Crippen molar-refractivity contribution in [3.63, 3.8) is 0 Å². The molecule has 0 radical (unpaired) electrons. The molecule has 0 spiro atoms. The molecule has 0 saturated carbocycles. The van der Waals surface area contributed by atoms with Gasteiger partial charge >= 0.3 is 11.9 Å². The predicted molar refractivity (Wildman–Crippen MR) is 110 cm³/mol. The molecular formula is C21H22N2O4S. The van der Waals surface area contributed by atoms with E-state index in [0.29, 0.717) is 31.2 Å². The number of fused-ring (bicyclic) bond motifs is 1. The van der Waals surface area contributed by atoms with E-state index in [0.717, 1.165) is 17.5 Å². The second-order valence-corrected chi connectivity index (χ2v) is 7.30. The average Bonchev–Trinajstić information content (AvgIpc) is 2.67. The first-order valence-electron chi connectivity index (χ1n) is 9.06. The van der Waals surface area contributed by atoms with Crippen LogP contribution in [0.25, 0.3) is 0 Å². The highest BCUT2D eigenvalue weighted by Crippen LogP contribution is 2.24. The summed E-state index contributed by atoms with van der Waals surface area (Å²) in [5.41, 5.74) is 3.77. The molecule has 6 nitrogen and oxygen atoms in total. The van der Waals surface area contributed by atoms with Crippen molar-refractivity contribution in [2.75, 3.05) is 13.1 Å². The largest absolute Gasteiger partial charge is 0.478 e. The van der Waals surface area contributed by atoms with Gasteiger partial charge in [0.1, 0.15) is 0 Å². The molecule has 0 bridgehead atoms. The standard InChI is InChI=1S/C21H22N2O4S/c1-13-2-4-14(5-3-13)6-8-22-21(28)23-9-7-15-10-17(19(24)25)18(20(26)27)11-16(15)12-23/h2-5,10-11H,6-9,12H2,1H3,(H,22,28)(H,24,25)(H,26,27). The van der Waals surface area contributed by atoms with Gasteiger partial charge in [-0.2, -0.15) is 0 Å². The highest BCUT2D eigenvalue weighted by atomic mass is 32.1. The Labute approximate surface area is 168 Å². The van der Waals surface area contributed by atoms with Crippen LogP contribution in [0.2, 0.25) is 0 Å². The third-order valence-electron chi connectivity index (χ3n) is 4.91. The SMILES string of the molecule is Cc1ccc(CCNC(=S)N2CCc3cc(C(=O)O)c(C(=O)O)cc3C2)cc1. The number of hydrogen-bond donors (Lipinski definition) is 3. The monoisotopic (exact) mass is 398 g/mol. The van der Waals surface area contributed by atoms with Gasteiger partial charge in [0, 0.05) is 19.6 Å². The lowest BCUT2D eigenvalue weighted by Crippen LogP contribution is -2.43. The minimum Gasteiger partial charge on any atom is -0.478 e. The fourth-order valence-corrected chi connectivity index (χ4v) is 3.57. The van der Waals surface area contributed by atoms with Crippen LogP contribution < -0.4 is 5.32 Å². The molecule has 0 amide bonds. The Morgan fingerprint density at radius 1 is 1.07 bits per heavy atom. The molecule has 7 heteroatoms. The molecule has 0 fully saturated rings. The van der Waals surface area contributed by atoms with Gasteiger partial charge in [-0.1, -0.05) is 29.8 Å². The van der Waals surface area contributed by atoms with Crippen LogP contribution in [-0.2, 0) is 19.4 Å². The fraction of sp³-hybridized carbons (Fsp3) is 0.286. The minimum atomic E-state index is -1.24. The number of rotatable bonds is 5. The maximum absolute atomic E-state index is 11.4. The summed E-state index contributed by atoms with van der Waals surface area (Å²) < 4.78 is 0. The predicted octanol–water partition coefficient (Wildman–Crippen LogP) is 2.87. The Morgan fingerprint density at radius 2 is 1.68 bits per heavy atom. The van der Waals surface area contributed by atoms with E-state index in [1.54, 1.807) is 0 Å². The molecular weight excluding hydrogens is 376 g/mol. The van der Waals surface area contributed by atoms with Crippen LogP contribution in [0.15, 0.2) is 36.4 Å². The molecule has 1 aliphatic heterocycles. The smallest absolute Gasteiger partial charge is 0.336 e. The van der Waals surface area contributed by atoms with E-state index >= 15 is 0 Å². The average molecular weight is 398 g/mol. The highest BCUT2D eigenvalue weighted by Gasteiger charge is 2.24. The van der Waals surface area contributed by atoms with Crippen LogP contribution in [0.4, 0.5) is 0 Å². The fourth-order valence-electron chi connectivity index (χ4n) is 3.32. The molecule has 0 aliphatic carbocycles. The van der Waals surface area contributed by atoms with Crippen molar-refractivity contribution in [1.29, 1.82) is 0 Å². The Kier molecular flexibility index (Phi) is 5.94. The van der Waals surface area contributed by atoms with Crippen LogP contribution in [0.3, 0.4) is 0 Å². The molecule has 1 aliphatic rings. The summed E-state index contributed by atoms with van der Waals surface area (Å²) in [5, 5.41) is 22.5. The van der Waals surface area contributed by atoms with E-state index in [9.17, 15) is 19.8 Å². The van der Waals surface area contributed by atoms with Crippen LogP contribution in [0, 0.1) is 6.92 Å². The summed E-state index contributed by atoms with van der Waals surface area (Å²) in [7, 11) is 0. The van der Waals surface area contributed by atoms with Crippen molar-refractivity contribution in [1.82, 2.24) is 10.2 Å². The van der Waals surface area contributed by atoms with Gasteiger partial charge in [0.2, 0.25) is 0 Å². The Balaban J connectivity index is 1.64. The first kappa shape index (κ1) is 19.8. The number of nitrogens with zero attached hydrogens (tertiary/aromatic N) is 1. The number of carboxylic acids is 2. The van der Waals surface area contributed by atoms with E-state index in [2.05, 4.69) is 36.5 Å². The van der Waals surface area contributed by atoms with Crippen LogP contribution in [-0.4, -0.2) is 45.3 Å². The quantitative estimate of drug-likeness (QED) is 0.667. The third kappa shape index (κ3) is 4.48. The van der Waals surface area contributed by atoms with Crippen molar-refractivity contribution >= 4 is 29.3 Å². The molecule has 2 aromatic rings. The Morgan fingerprint density at radius 3 is 2.29 bits per heavy atom. The van der Waals surface area contributed by atoms with Gasteiger partial charge in [0.25, 0.3) is 0 Å². The zero-order chi connectivity index (χ0) is 20.3. The summed E-state index contributed by atoms with van der Waals surface area (Å²) in [6.07, 6.45) is 1.48. The first-order chi connectivity index (χ1) is 13.3. The number of aromatic carboxylic acids is 2. The number of nitrogens with one attached hydrogen (secondary N) is 1. The van der Waals surface area contributed by atoms with Crippen molar-refractivity contribution < 1.29 is 19.8 Å². The molecule has 146 valence electrons. The number of hydrogen-bond acceptors (Lipinski definition) is 3. The summed E-state index contributed by atoms with van der Waals surface area (Å²) in [4.78, 5) is 24.7. The van der Waals surface area contributed by atoms with Gasteiger partial charge < -0.3 is 20.4 Å². The normalized spacial score (nSPS) is 13.0. The number of aryl methyl sites for hydroxylation is 1. The summed E-state index contributed by atoms with van der Waals surface area (Å²) in [6.45, 7) is 3.89. The summed E-state index contributed by atoms with van der Waals surface area (Å²) in [6, 6.07) is 11.3. The van der Waals surface area contributed by atoms with Crippen molar-refractivity contribution in [2.45, 2.75) is 26.3 Å². The van der Waals surface area contributed by atoms with Gasteiger partial charge in [0.05, 0.1) is 11.1 Å². The van der Waals surface area contributed by atoms with Crippen molar-refractivity contribution in [2.24, 2.45) is 0 Å². The maximum Gasteiger partial charge on any atom is 0.336 e.